The van der Waals surface area contributed by atoms with Crippen LogP contribution < -0.4 is 0 Å². The smallest absolute Gasteiger partial charge is 0.333 e. The molecule has 92 valence electrons. The summed E-state index contributed by atoms with van der Waals surface area (Å²) in [7, 11) is 1.40. The summed E-state index contributed by atoms with van der Waals surface area (Å²) < 4.78 is 5.66. The van der Waals surface area contributed by atoms with Crippen LogP contribution in [0, 0.1) is 0 Å². The number of rotatable bonds is 5. The lowest BCUT2D eigenvalue weighted by Crippen LogP contribution is -2.04. The number of hydrogen-bond donors (Lipinski definition) is 0. The fourth-order valence-electron chi connectivity index (χ4n) is 1.20. The molecule has 0 aliphatic carbocycles. The van der Waals surface area contributed by atoms with Crippen LogP contribution in [0.5, 0.6) is 0 Å². The summed E-state index contributed by atoms with van der Waals surface area (Å²) in [5.74, 6) is 0.446. The number of pyridine rings is 1. The molecule has 0 bridgehead atoms. The summed E-state index contributed by atoms with van der Waals surface area (Å²) in [6, 6.07) is 3.82. The lowest BCUT2D eigenvalue weighted by atomic mass is 10.2. The molecule has 0 aliphatic rings. The number of halogens is 1. The molecule has 0 radical (unpaired) electrons. The monoisotopic (exact) mass is 315 g/mol. The number of carbonyl (C=O) groups is 1. The molecule has 1 rings (SSSR count). The van der Waals surface area contributed by atoms with Gasteiger partial charge in [-0.05, 0) is 34.5 Å². The van der Waals surface area contributed by atoms with Crippen molar-refractivity contribution >= 4 is 33.7 Å². The Morgan fingerprint density at radius 1 is 1.65 bits per heavy atom. The highest BCUT2D eigenvalue weighted by Gasteiger charge is 2.06. The van der Waals surface area contributed by atoms with E-state index in [-0.39, 0.29) is 5.97 Å². The third-order valence-electron chi connectivity index (χ3n) is 2.10. The lowest BCUT2D eigenvalue weighted by Gasteiger charge is -2.03. The zero-order valence-corrected chi connectivity index (χ0v) is 12.2. The molecule has 0 saturated heterocycles. The molecule has 0 spiro atoms. The minimum Gasteiger partial charge on any atom is -0.466 e. The van der Waals surface area contributed by atoms with E-state index < -0.39 is 0 Å². The molecule has 0 amide bonds. The first-order valence-electron chi connectivity index (χ1n) is 5.19. The Labute approximate surface area is 114 Å². The quantitative estimate of drug-likeness (QED) is 0.474. The molecule has 0 saturated carbocycles. The first-order valence-corrected chi connectivity index (χ1v) is 6.97. The van der Waals surface area contributed by atoms with E-state index in [2.05, 4.69) is 25.7 Å². The van der Waals surface area contributed by atoms with Crippen LogP contribution in [0.1, 0.15) is 13.3 Å². The van der Waals surface area contributed by atoms with E-state index >= 15 is 0 Å². The maximum absolute atomic E-state index is 11.3. The van der Waals surface area contributed by atoms with Gasteiger partial charge in [-0.2, -0.15) is 0 Å². The van der Waals surface area contributed by atoms with Gasteiger partial charge in [-0.1, -0.05) is 13.0 Å². The van der Waals surface area contributed by atoms with Gasteiger partial charge in [0.05, 0.1) is 7.11 Å². The molecule has 0 fully saturated rings. The van der Waals surface area contributed by atoms with Crippen molar-refractivity contribution < 1.29 is 9.53 Å². The summed E-state index contributed by atoms with van der Waals surface area (Å²) in [5, 5.41) is 0.920. The number of esters is 1. The van der Waals surface area contributed by atoms with E-state index in [1.54, 1.807) is 18.0 Å². The zero-order chi connectivity index (χ0) is 12.7. The predicted octanol–water partition coefficient (Wildman–Crippen LogP) is 3.45. The Bertz CT molecular complexity index is 421. The third kappa shape index (κ3) is 4.52. The average Bonchev–Trinajstić information content (AvgIpc) is 2.36. The van der Waals surface area contributed by atoms with Crippen molar-refractivity contribution in [2.75, 3.05) is 12.9 Å². The number of carbonyl (C=O) groups excluding carboxylic acids is 1. The van der Waals surface area contributed by atoms with Gasteiger partial charge >= 0.3 is 5.97 Å². The van der Waals surface area contributed by atoms with Crippen LogP contribution in [-0.2, 0) is 9.53 Å². The molecule has 0 atom stereocenters. The van der Waals surface area contributed by atoms with Crippen LogP contribution in [0.3, 0.4) is 0 Å². The second-order valence-corrected chi connectivity index (χ2v) is 5.04. The predicted molar refractivity (Wildman–Crippen MR) is 73.1 cm³/mol. The van der Waals surface area contributed by atoms with E-state index in [0.29, 0.717) is 17.7 Å². The SMILES string of the molecule is CCC(=CCSc1ncccc1Br)C(=O)OC. The van der Waals surface area contributed by atoms with E-state index in [0.717, 1.165) is 9.50 Å². The average molecular weight is 316 g/mol. The van der Waals surface area contributed by atoms with Crippen LogP contribution in [0.15, 0.2) is 39.5 Å². The van der Waals surface area contributed by atoms with Crippen molar-refractivity contribution in [2.45, 2.75) is 18.4 Å². The van der Waals surface area contributed by atoms with Crippen molar-refractivity contribution in [3.8, 4) is 0 Å². The van der Waals surface area contributed by atoms with E-state index in [1.165, 1.54) is 7.11 Å². The summed E-state index contributed by atoms with van der Waals surface area (Å²) in [6.07, 6.45) is 4.31. The van der Waals surface area contributed by atoms with Gasteiger partial charge in [0, 0.05) is 22.0 Å². The number of thioether (sulfide) groups is 1. The number of aromatic nitrogens is 1. The summed E-state index contributed by atoms with van der Waals surface area (Å²) >= 11 is 5.00. The number of nitrogens with zero attached hydrogens (tertiary/aromatic N) is 1. The summed E-state index contributed by atoms with van der Waals surface area (Å²) in [6.45, 7) is 1.93. The molecule has 1 aromatic heterocycles. The molecule has 0 aliphatic heterocycles. The largest absolute Gasteiger partial charge is 0.466 e. The maximum Gasteiger partial charge on any atom is 0.333 e. The van der Waals surface area contributed by atoms with Crippen LogP contribution >= 0.6 is 27.7 Å². The highest BCUT2D eigenvalue weighted by Crippen LogP contribution is 2.24. The summed E-state index contributed by atoms with van der Waals surface area (Å²) in [4.78, 5) is 15.6. The molecule has 1 aromatic rings. The van der Waals surface area contributed by atoms with E-state index in [4.69, 9.17) is 0 Å². The Kier molecular flexibility index (Phi) is 6.29. The lowest BCUT2D eigenvalue weighted by molar-refractivity contribution is -0.136. The molecule has 1 heterocycles. The Balaban J connectivity index is 2.59. The van der Waals surface area contributed by atoms with Crippen molar-refractivity contribution in [1.82, 2.24) is 4.98 Å². The highest BCUT2D eigenvalue weighted by molar-refractivity contribution is 9.10. The van der Waals surface area contributed by atoms with Crippen LogP contribution in [0.2, 0.25) is 0 Å². The normalized spacial score (nSPS) is 11.4. The number of methoxy groups -OCH3 is 1. The van der Waals surface area contributed by atoms with Crippen molar-refractivity contribution in [2.24, 2.45) is 0 Å². The Hall–Kier alpha value is -0.810. The Morgan fingerprint density at radius 2 is 2.41 bits per heavy atom. The zero-order valence-electron chi connectivity index (χ0n) is 9.77. The van der Waals surface area contributed by atoms with E-state index in [1.807, 2.05) is 25.1 Å². The minimum atomic E-state index is -0.256. The van der Waals surface area contributed by atoms with Crippen molar-refractivity contribution in [1.29, 1.82) is 0 Å². The van der Waals surface area contributed by atoms with Crippen LogP contribution in [0.25, 0.3) is 0 Å². The third-order valence-corrected chi connectivity index (χ3v) is 3.94. The number of hydrogen-bond acceptors (Lipinski definition) is 4. The molecule has 17 heavy (non-hydrogen) atoms. The molecule has 3 nitrogen and oxygen atoms in total. The first kappa shape index (κ1) is 14.3. The van der Waals surface area contributed by atoms with E-state index in [9.17, 15) is 4.79 Å². The first-order chi connectivity index (χ1) is 8.19. The summed E-state index contributed by atoms with van der Waals surface area (Å²) in [5.41, 5.74) is 0.701. The standard InChI is InChI=1S/C12H14BrNO2S/c1-3-9(12(15)16-2)6-8-17-11-10(13)5-4-7-14-11/h4-7H,3,8H2,1-2H3. The Morgan fingerprint density at radius 3 is 3.00 bits per heavy atom. The molecule has 5 heteroatoms. The minimum absolute atomic E-state index is 0.256. The highest BCUT2D eigenvalue weighted by atomic mass is 79.9. The fourth-order valence-corrected chi connectivity index (χ4v) is 2.58. The van der Waals surface area contributed by atoms with Gasteiger partial charge in [0.15, 0.2) is 0 Å². The van der Waals surface area contributed by atoms with Crippen molar-refractivity contribution in [3.05, 3.63) is 34.5 Å². The van der Waals surface area contributed by atoms with Crippen molar-refractivity contribution in [3.63, 3.8) is 0 Å². The molecule has 0 N–H and O–H groups in total. The second kappa shape index (κ2) is 7.50. The van der Waals surface area contributed by atoms with Gasteiger partial charge in [-0.15, -0.1) is 11.8 Å². The van der Waals surface area contributed by atoms with Gasteiger partial charge in [0.2, 0.25) is 0 Å². The second-order valence-electron chi connectivity index (χ2n) is 3.18. The molecule has 0 unspecified atom stereocenters. The topological polar surface area (TPSA) is 39.2 Å². The molecular weight excluding hydrogens is 302 g/mol. The van der Waals surface area contributed by atoms with Gasteiger partial charge in [-0.25, -0.2) is 9.78 Å². The van der Waals surface area contributed by atoms with Gasteiger partial charge in [0.1, 0.15) is 5.03 Å². The van der Waals surface area contributed by atoms with Crippen LogP contribution in [0.4, 0.5) is 0 Å². The fraction of sp³-hybridized carbons (Fsp3) is 0.333. The van der Waals surface area contributed by atoms with Crippen LogP contribution in [-0.4, -0.2) is 23.8 Å². The van der Waals surface area contributed by atoms with Gasteiger partial charge < -0.3 is 4.74 Å². The molecule has 0 aromatic carbocycles. The van der Waals surface area contributed by atoms with Gasteiger partial charge in [-0.3, -0.25) is 0 Å². The maximum atomic E-state index is 11.3. The van der Waals surface area contributed by atoms with Gasteiger partial charge in [0.25, 0.3) is 0 Å². The number of ether oxygens (including phenoxy) is 1. The molecular formula is C12H14BrNO2S.